The Bertz CT molecular complexity index is 439. The summed E-state index contributed by atoms with van der Waals surface area (Å²) in [6.07, 6.45) is 4.91. The second kappa shape index (κ2) is 6.47. The van der Waals surface area contributed by atoms with Crippen molar-refractivity contribution >= 4 is 0 Å². The number of hydrogen-bond acceptors (Lipinski definition) is 3. The highest BCUT2D eigenvalue weighted by Gasteiger charge is 2.41. The van der Waals surface area contributed by atoms with E-state index in [9.17, 15) is 5.11 Å². The Balaban J connectivity index is 1.76. The molecule has 1 atom stereocenters. The van der Waals surface area contributed by atoms with Gasteiger partial charge in [-0.3, -0.25) is 0 Å². The molecule has 1 unspecified atom stereocenters. The van der Waals surface area contributed by atoms with Crippen molar-refractivity contribution < 1.29 is 14.6 Å². The zero-order chi connectivity index (χ0) is 14.7. The smallest absolute Gasteiger partial charge is 0.108 e. The average Bonchev–Trinajstić information content (AvgIpc) is 2.47. The van der Waals surface area contributed by atoms with E-state index in [1.165, 1.54) is 24.8 Å². The third-order valence-electron chi connectivity index (χ3n) is 5.10. The van der Waals surface area contributed by atoms with Crippen molar-refractivity contribution in [1.82, 2.24) is 0 Å². The first-order chi connectivity index (χ1) is 10.2. The van der Waals surface area contributed by atoms with Crippen molar-refractivity contribution in [2.75, 3.05) is 19.8 Å². The first-order valence-electron chi connectivity index (χ1n) is 8.25. The molecule has 116 valence electrons. The Hall–Kier alpha value is -0.900. The number of hydrogen-bond donors (Lipinski definition) is 1. The summed E-state index contributed by atoms with van der Waals surface area (Å²) in [5.74, 6) is 0.736. The molecule has 0 radical (unpaired) electrons. The topological polar surface area (TPSA) is 38.7 Å². The van der Waals surface area contributed by atoms with Gasteiger partial charge in [0.05, 0.1) is 0 Å². The lowest BCUT2D eigenvalue weighted by atomic mass is 9.79. The molecule has 1 aliphatic carbocycles. The van der Waals surface area contributed by atoms with Crippen LogP contribution in [-0.2, 0) is 9.47 Å². The van der Waals surface area contributed by atoms with Crippen molar-refractivity contribution in [3.8, 4) is 0 Å². The van der Waals surface area contributed by atoms with Gasteiger partial charge in [-0.15, -0.1) is 0 Å². The van der Waals surface area contributed by atoms with Gasteiger partial charge in [-0.25, -0.2) is 0 Å². The molecule has 0 bridgehead atoms. The molecule has 0 aromatic heterocycles. The highest BCUT2D eigenvalue weighted by Crippen LogP contribution is 2.40. The fourth-order valence-corrected chi connectivity index (χ4v) is 3.50. The molecule has 1 heterocycles. The molecule has 0 spiro atoms. The number of rotatable bonds is 5. The van der Waals surface area contributed by atoms with Crippen LogP contribution >= 0.6 is 0 Å². The van der Waals surface area contributed by atoms with Crippen molar-refractivity contribution in [2.45, 2.75) is 56.7 Å². The van der Waals surface area contributed by atoms with Crippen LogP contribution in [0.2, 0.25) is 0 Å². The van der Waals surface area contributed by atoms with E-state index in [0.717, 1.165) is 24.3 Å². The van der Waals surface area contributed by atoms with Crippen molar-refractivity contribution in [2.24, 2.45) is 0 Å². The molecule has 1 N–H and O–H groups in total. The van der Waals surface area contributed by atoms with Crippen LogP contribution in [0.1, 0.15) is 62.2 Å². The zero-order valence-corrected chi connectivity index (χ0v) is 12.9. The summed E-state index contributed by atoms with van der Waals surface area (Å²) in [6, 6.07) is 8.52. The SMILES string of the molecule is CCOC1(C(O)c2ccc(C3CCC3)cc2)CCOCC1. The number of aliphatic hydroxyl groups excluding tert-OH is 1. The molecule has 1 aromatic rings. The van der Waals surface area contributed by atoms with Crippen LogP contribution in [0.25, 0.3) is 0 Å². The molecule has 3 rings (SSSR count). The minimum Gasteiger partial charge on any atom is -0.385 e. The Morgan fingerprint density at radius 3 is 2.43 bits per heavy atom. The van der Waals surface area contributed by atoms with E-state index in [4.69, 9.17) is 9.47 Å². The van der Waals surface area contributed by atoms with Gasteiger partial charge in [0.2, 0.25) is 0 Å². The maximum absolute atomic E-state index is 10.8. The molecular formula is C18H26O3. The fraction of sp³-hybridized carbons (Fsp3) is 0.667. The van der Waals surface area contributed by atoms with Crippen molar-refractivity contribution in [1.29, 1.82) is 0 Å². The minimum atomic E-state index is -0.572. The minimum absolute atomic E-state index is 0.481. The molecule has 3 heteroatoms. The molecule has 3 nitrogen and oxygen atoms in total. The van der Waals surface area contributed by atoms with Crippen LogP contribution in [0.3, 0.4) is 0 Å². The maximum Gasteiger partial charge on any atom is 0.108 e. The Kier molecular flexibility index (Phi) is 4.63. The standard InChI is InChI=1S/C18H26O3/c1-2-21-18(10-12-20-13-11-18)17(19)16-8-6-15(7-9-16)14-4-3-5-14/h6-9,14,17,19H,2-5,10-13H2,1H3. The van der Waals surface area contributed by atoms with Gasteiger partial charge in [-0.1, -0.05) is 30.7 Å². The Morgan fingerprint density at radius 2 is 1.90 bits per heavy atom. The number of aliphatic hydroxyl groups is 1. The van der Waals surface area contributed by atoms with Crippen LogP contribution in [-0.4, -0.2) is 30.5 Å². The second-order valence-corrected chi connectivity index (χ2v) is 6.31. The van der Waals surface area contributed by atoms with Gasteiger partial charge >= 0.3 is 0 Å². The molecule has 1 saturated heterocycles. The molecule has 1 saturated carbocycles. The van der Waals surface area contributed by atoms with Gasteiger partial charge in [-0.05, 0) is 36.8 Å². The van der Waals surface area contributed by atoms with Crippen LogP contribution in [0.4, 0.5) is 0 Å². The van der Waals surface area contributed by atoms with Crippen LogP contribution in [0, 0.1) is 0 Å². The molecule has 2 fully saturated rings. The van der Waals surface area contributed by atoms with Crippen molar-refractivity contribution in [3.63, 3.8) is 0 Å². The van der Waals surface area contributed by atoms with Gasteiger partial charge in [0.25, 0.3) is 0 Å². The van der Waals surface area contributed by atoms with E-state index in [1.807, 2.05) is 6.92 Å². The van der Waals surface area contributed by atoms with Crippen molar-refractivity contribution in [3.05, 3.63) is 35.4 Å². The van der Waals surface area contributed by atoms with Gasteiger partial charge in [-0.2, -0.15) is 0 Å². The molecule has 1 aliphatic heterocycles. The van der Waals surface area contributed by atoms with E-state index in [2.05, 4.69) is 24.3 Å². The van der Waals surface area contributed by atoms with E-state index < -0.39 is 11.7 Å². The molecule has 2 aliphatic rings. The lowest BCUT2D eigenvalue weighted by Crippen LogP contribution is -2.44. The van der Waals surface area contributed by atoms with Gasteiger partial charge in [0, 0.05) is 32.7 Å². The average molecular weight is 290 g/mol. The quantitative estimate of drug-likeness (QED) is 0.901. The summed E-state index contributed by atoms with van der Waals surface area (Å²) >= 11 is 0. The first kappa shape index (κ1) is 15.0. The van der Waals surface area contributed by atoms with Crippen LogP contribution in [0.15, 0.2) is 24.3 Å². The lowest BCUT2D eigenvalue weighted by molar-refractivity contribution is -0.168. The predicted octanol–water partition coefficient (Wildman–Crippen LogP) is 3.57. The second-order valence-electron chi connectivity index (χ2n) is 6.31. The molecule has 0 amide bonds. The summed E-state index contributed by atoms with van der Waals surface area (Å²) in [6.45, 7) is 3.94. The largest absolute Gasteiger partial charge is 0.385 e. The van der Waals surface area contributed by atoms with E-state index in [-0.39, 0.29) is 0 Å². The van der Waals surface area contributed by atoms with Gasteiger partial charge < -0.3 is 14.6 Å². The van der Waals surface area contributed by atoms with Gasteiger partial charge in [0.1, 0.15) is 11.7 Å². The maximum atomic E-state index is 10.8. The Morgan fingerprint density at radius 1 is 1.24 bits per heavy atom. The molecule has 21 heavy (non-hydrogen) atoms. The summed E-state index contributed by atoms with van der Waals surface area (Å²) < 4.78 is 11.4. The number of ether oxygens (including phenoxy) is 2. The third-order valence-corrected chi connectivity index (χ3v) is 5.10. The first-order valence-corrected chi connectivity index (χ1v) is 8.25. The zero-order valence-electron chi connectivity index (χ0n) is 12.9. The monoisotopic (exact) mass is 290 g/mol. The highest BCUT2D eigenvalue weighted by molar-refractivity contribution is 5.29. The summed E-state index contributed by atoms with van der Waals surface area (Å²) in [4.78, 5) is 0. The van der Waals surface area contributed by atoms with E-state index in [1.54, 1.807) is 0 Å². The third kappa shape index (κ3) is 3.01. The summed E-state index contributed by atoms with van der Waals surface area (Å²) in [5, 5.41) is 10.8. The van der Waals surface area contributed by atoms with Gasteiger partial charge in [0.15, 0.2) is 0 Å². The fourth-order valence-electron chi connectivity index (χ4n) is 3.50. The van der Waals surface area contributed by atoms with Crippen LogP contribution in [0.5, 0.6) is 0 Å². The normalized spacial score (nSPS) is 23.5. The highest BCUT2D eigenvalue weighted by atomic mass is 16.5. The Labute approximate surface area is 127 Å². The van der Waals surface area contributed by atoms with Crippen LogP contribution < -0.4 is 0 Å². The predicted molar refractivity (Wildman–Crippen MR) is 82.4 cm³/mol. The van der Waals surface area contributed by atoms with E-state index in [0.29, 0.717) is 19.8 Å². The summed E-state index contributed by atoms with van der Waals surface area (Å²) in [7, 11) is 0. The van der Waals surface area contributed by atoms with E-state index >= 15 is 0 Å². The molecular weight excluding hydrogens is 264 g/mol. The molecule has 1 aromatic carbocycles. The number of benzene rings is 1. The summed E-state index contributed by atoms with van der Waals surface area (Å²) in [5.41, 5.74) is 1.90. The lowest BCUT2D eigenvalue weighted by Gasteiger charge is -2.40.